The Kier molecular flexibility index (Phi) is 5.65. The van der Waals surface area contributed by atoms with Crippen molar-refractivity contribution in [2.24, 2.45) is 5.92 Å². The number of amides is 1. The molecule has 1 atom stereocenters. The minimum atomic E-state index is 0.183. The van der Waals surface area contributed by atoms with E-state index in [0.29, 0.717) is 5.92 Å². The SMILES string of the molecule is CNC[C@H]1CCCN(C(=O)c2ccccc2Cc2ccccc2)C1. The monoisotopic (exact) mass is 322 g/mol. The summed E-state index contributed by atoms with van der Waals surface area (Å²) in [5.41, 5.74) is 3.21. The molecule has 3 heteroatoms. The second kappa shape index (κ2) is 8.11. The van der Waals surface area contributed by atoms with Gasteiger partial charge in [0.2, 0.25) is 0 Å². The zero-order valence-corrected chi connectivity index (χ0v) is 14.4. The predicted molar refractivity (Wildman–Crippen MR) is 98.2 cm³/mol. The first-order valence-corrected chi connectivity index (χ1v) is 8.83. The molecule has 0 bridgehead atoms. The molecule has 3 rings (SSSR count). The lowest BCUT2D eigenvalue weighted by Crippen LogP contribution is -2.42. The van der Waals surface area contributed by atoms with E-state index in [4.69, 9.17) is 0 Å². The van der Waals surface area contributed by atoms with Crippen molar-refractivity contribution in [2.45, 2.75) is 19.3 Å². The second-order valence-corrected chi connectivity index (χ2v) is 6.64. The van der Waals surface area contributed by atoms with E-state index in [1.807, 2.05) is 48.3 Å². The van der Waals surface area contributed by atoms with Crippen molar-refractivity contribution in [3.05, 3.63) is 71.3 Å². The zero-order chi connectivity index (χ0) is 16.8. The molecule has 2 aromatic carbocycles. The van der Waals surface area contributed by atoms with Crippen molar-refractivity contribution in [2.75, 3.05) is 26.7 Å². The van der Waals surface area contributed by atoms with Gasteiger partial charge in [0.05, 0.1) is 0 Å². The molecular formula is C21H26N2O. The Bertz CT molecular complexity index is 667. The van der Waals surface area contributed by atoms with Crippen LogP contribution in [0, 0.1) is 5.92 Å². The van der Waals surface area contributed by atoms with E-state index in [9.17, 15) is 4.79 Å². The van der Waals surface area contributed by atoms with Crippen LogP contribution in [0.25, 0.3) is 0 Å². The Morgan fingerprint density at radius 3 is 2.67 bits per heavy atom. The summed E-state index contributed by atoms with van der Waals surface area (Å²) in [5, 5.41) is 3.24. The molecule has 1 aliphatic heterocycles. The molecule has 24 heavy (non-hydrogen) atoms. The van der Waals surface area contributed by atoms with Crippen molar-refractivity contribution in [3.8, 4) is 0 Å². The summed E-state index contributed by atoms with van der Waals surface area (Å²) in [5.74, 6) is 0.747. The fourth-order valence-electron chi connectivity index (χ4n) is 3.57. The molecule has 1 saturated heterocycles. The van der Waals surface area contributed by atoms with Gasteiger partial charge in [0.1, 0.15) is 0 Å². The van der Waals surface area contributed by atoms with Crippen molar-refractivity contribution in [3.63, 3.8) is 0 Å². The topological polar surface area (TPSA) is 32.3 Å². The summed E-state index contributed by atoms with van der Waals surface area (Å²) in [6, 6.07) is 18.4. The number of hydrogen-bond acceptors (Lipinski definition) is 2. The van der Waals surface area contributed by atoms with Crippen LogP contribution in [0.2, 0.25) is 0 Å². The van der Waals surface area contributed by atoms with Crippen molar-refractivity contribution >= 4 is 5.91 Å². The molecule has 1 amide bonds. The van der Waals surface area contributed by atoms with Crippen LogP contribution in [0.3, 0.4) is 0 Å². The van der Waals surface area contributed by atoms with Crippen LogP contribution in [0.15, 0.2) is 54.6 Å². The fourth-order valence-corrected chi connectivity index (χ4v) is 3.57. The third-order valence-electron chi connectivity index (χ3n) is 4.78. The minimum absolute atomic E-state index is 0.183. The third-order valence-corrected chi connectivity index (χ3v) is 4.78. The van der Waals surface area contributed by atoms with Crippen LogP contribution >= 0.6 is 0 Å². The number of hydrogen-bond donors (Lipinski definition) is 1. The highest BCUT2D eigenvalue weighted by Gasteiger charge is 2.25. The highest BCUT2D eigenvalue weighted by Crippen LogP contribution is 2.21. The summed E-state index contributed by atoms with van der Waals surface area (Å²) in [6.07, 6.45) is 3.10. The van der Waals surface area contributed by atoms with Gasteiger partial charge in [-0.25, -0.2) is 0 Å². The summed E-state index contributed by atoms with van der Waals surface area (Å²) < 4.78 is 0. The highest BCUT2D eigenvalue weighted by atomic mass is 16.2. The van der Waals surface area contributed by atoms with Crippen molar-refractivity contribution in [1.29, 1.82) is 0 Å². The zero-order valence-electron chi connectivity index (χ0n) is 14.4. The van der Waals surface area contributed by atoms with E-state index in [1.54, 1.807) is 0 Å². The molecule has 0 unspecified atom stereocenters. The van der Waals surface area contributed by atoms with Gasteiger partial charge in [-0.3, -0.25) is 4.79 Å². The van der Waals surface area contributed by atoms with Gasteiger partial charge < -0.3 is 10.2 Å². The molecule has 0 spiro atoms. The first-order chi connectivity index (χ1) is 11.8. The maximum Gasteiger partial charge on any atom is 0.254 e. The molecule has 1 N–H and O–H groups in total. The van der Waals surface area contributed by atoms with Crippen LogP contribution in [-0.4, -0.2) is 37.5 Å². The Morgan fingerprint density at radius 2 is 1.88 bits per heavy atom. The lowest BCUT2D eigenvalue weighted by molar-refractivity contribution is 0.0673. The van der Waals surface area contributed by atoms with E-state index in [1.165, 1.54) is 12.0 Å². The Hall–Kier alpha value is -2.13. The Balaban J connectivity index is 1.77. The predicted octanol–water partition coefficient (Wildman–Crippen LogP) is 3.35. The molecule has 2 aromatic rings. The minimum Gasteiger partial charge on any atom is -0.338 e. The van der Waals surface area contributed by atoms with E-state index in [-0.39, 0.29) is 5.91 Å². The van der Waals surface area contributed by atoms with E-state index in [2.05, 4.69) is 23.5 Å². The van der Waals surface area contributed by atoms with Gasteiger partial charge >= 0.3 is 0 Å². The molecule has 1 aliphatic rings. The normalized spacial score (nSPS) is 17.7. The maximum atomic E-state index is 13.1. The first kappa shape index (κ1) is 16.7. The lowest BCUT2D eigenvalue weighted by Gasteiger charge is -2.33. The van der Waals surface area contributed by atoms with Crippen molar-refractivity contribution in [1.82, 2.24) is 10.2 Å². The third kappa shape index (κ3) is 4.04. The van der Waals surface area contributed by atoms with E-state index >= 15 is 0 Å². The van der Waals surface area contributed by atoms with Crippen LogP contribution in [0.5, 0.6) is 0 Å². The standard InChI is InChI=1S/C21H26N2O/c1-22-15-18-10-7-13-23(16-18)21(24)20-12-6-5-11-19(20)14-17-8-3-2-4-9-17/h2-6,8-9,11-12,18,22H,7,10,13-16H2,1H3/t18-/m1/s1. The maximum absolute atomic E-state index is 13.1. The summed E-state index contributed by atoms with van der Waals surface area (Å²) >= 11 is 0. The number of likely N-dealkylation sites (tertiary alicyclic amines) is 1. The average Bonchev–Trinajstić information content (AvgIpc) is 2.63. The molecule has 3 nitrogen and oxygen atoms in total. The van der Waals surface area contributed by atoms with E-state index in [0.717, 1.165) is 43.6 Å². The Labute approximate surface area is 144 Å². The molecule has 0 aromatic heterocycles. The lowest BCUT2D eigenvalue weighted by atomic mass is 9.95. The average molecular weight is 322 g/mol. The van der Waals surface area contributed by atoms with Gasteiger partial charge in [-0.2, -0.15) is 0 Å². The number of nitrogens with one attached hydrogen (secondary N) is 1. The van der Waals surface area contributed by atoms with Crippen molar-refractivity contribution < 1.29 is 4.79 Å². The quantitative estimate of drug-likeness (QED) is 0.915. The summed E-state index contributed by atoms with van der Waals surface area (Å²) in [7, 11) is 1.98. The number of piperidine rings is 1. The Morgan fingerprint density at radius 1 is 1.12 bits per heavy atom. The molecule has 0 aliphatic carbocycles. The number of carbonyl (C=O) groups excluding carboxylic acids is 1. The van der Waals surface area contributed by atoms with E-state index < -0.39 is 0 Å². The molecule has 1 heterocycles. The first-order valence-electron chi connectivity index (χ1n) is 8.83. The molecule has 126 valence electrons. The summed E-state index contributed by atoms with van der Waals surface area (Å²) in [6.45, 7) is 2.72. The largest absolute Gasteiger partial charge is 0.338 e. The number of benzene rings is 2. The second-order valence-electron chi connectivity index (χ2n) is 6.64. The van der Waals surface area contributed by atoms with Gasteiger partial charge in [-0.15, -0.1) is 0 Å². The smallest absolute Gasteiger partial charge is 0.254 e. The fraction of sp³-hybridized carbons (Fsp3) is 0.381. The number of carbonyl (C=O) groups is 1. The van der Waals surface area contributed by atoms with Crippen LogP contribution in [-0.2, 0) is 6.42 Å². The van der Waals surface area contributed by atoms with Gasteiger partial charge in [-0.1, -0.05) is 48.5 Å². The number of rotatable bonds is 5. The van der Waals surface area contributed by atoms with Gasteiger partial charge in [0.25, 0.3) is 5.91 Å². The molecular weight excluding hydrogens is 296 g/mol. The molecule has 1 fully saturated rings. The van der Waals surface area contributed by atoms with Crippen LogP contribution < -0.4 is 5.32 Å². The van der Waals surface area contributed by atoms with Gasteiger partial charge in [-0.05, 0) is 56.0 Å². The molecule has 0 saturated carbocycles. The van der Waals surface area contributed by atoms with Crippen LogP contribution in [0.4, 0.5) is 0 Å². The molecule has 0 radical (unpaired) electrons. The van der Waals surface area contributed by atoms with Gasteiger partial charge in [0, 0.05) is 18.7 Å². The van der Waals surface area contributed by atoms with Crippen LogP contribution in [0.1, 0.15) is 34.3 Å². The number of nitrogens with zero attached hydrogens (tertiary/aromatic N) is 1. The summed E-state index contributed by atoms with van der Waals surface area (Å²) in [4.78, 5) is 15.1. The highest BCUT2D eigenvalue weighted by molar-refractivity contribution is 5.95. The van der Waals surface area contributed by atoms with Gasteiger partial charge in [0.15, 0.2) is 0 Å².